The molecule has 0 saturated heterocycles. The lowest BCUT2D eigenvalue weighted by molar-refractivity contribution is 0.0690. The minimum atomic E-state index is -1.17. The Hall–Kier alpha value is -2.18. The molecule has 0 aromatic carbocycles. The minimum Gasteiger partial charge on any atom is -0.477 e. The number of nitrogens with zero attached hydrogens (tertiary/aromatic N) is 2. The first-order chi connectivity index (χ1) is 10.5. The van der Waals surface area contributed by atoms with Gasteiger partial charge in [0, 0.05) is 11.4 Å². The van der Waals surface area contributed by atoms with Crippen molar-refractivity contribution < 1.29 is 14.7 Å². The lowest BCUT2D eigenvalue weighted by Gasteiger charge is -2.20. The fourth-order valence-corrected chi connectivity index (χ4v) is 2.94. The number of amides is 1. The summed E-state index contributed by atoms with van der Waals surface area (Å²) in [7, 11) is 0. The van der Waals surface area contributed by atoms with Crippen LogP contribution >= 0.6 is 22.9 Å². The van der Waals surface area contributed by atoms with Crippen LogP contribution in [0.5, 0.6) is 0 Å². The number of aromatic nitrogens is 1. The van der Waals surface area contributed by atoms with Gasteiger partial charge in [0.15, 0.2) is 0 Å². The Morgan fingerprint density at radius 1 is 1.32 bits per heavy atom. The Bertz CT molecular complexity index is 714. The van der Waals surface area contributed by atoms with Crippen LogP contribution in [-0.2, 0) is 6.54 Å². The summed E-state index contributed by atoms with van der Waals surface area (Å²) in [5.74, 6) is -1.53. The number of thiophene rings is 1. The molecule has 0 atom stereocenters. The van der Waals surface area contributed by atoms with Gasteiger partial charge in [0.05, 0.1) is 10.9 Å². The number of carboxylic acid groups (broad SMARTS) is 1. The van der Waals surface area contributed by atoms with Crippen molar-refractivity contribution in [1.29, 1.82) is 0 Å². The van der Waals surface area contributed by atoms with E-state index < -0.39 is 5.97 Å². The molecular weight excluding hydrogens is 324 g/mol. The molecule has 2 rings (SSSR count). The van der Waals surface area contributed by atoms with Crippen LogP contribution in [0.25, 0.3) is 0 Å². The monoisotopic (exact) mass is 336 g/mol. The summed E-state index contributed by atoms with van der Waals surface area (Å²) in [6.45, 7) is 4.33. The van der Waals surface area contributed by atoms with Gasteiger partial charge in [-0.2, -0.15) is 0 Å². The van der Waals surface area contributed by atoms with Crippen molar-refractivity contribution in [1.82, 2.24) is 9.88 Å². The highest BCUT2D eigenvalue weighted by Crippen LogP contribution is 2.23. The van der Waals surface area contributed by atoms with E-state index in [1.165, 1.54) is 34.4 Å². The number of hydrogen-bond donors (Lipinski definition) is 1. The first kappa shape index (κ1) is 16.2. The Morgan fingerprint density at radius 3 is 2.64 bits per heavy atom. The third-order valence-corrected chi connectivity index (χ3v) is 4.02. The molecule has 0 unspecified atom stereocenters. The van der Waals surface area contributed by atoms with Crippen LogP contribution in [0.15, 0.2) is 43.0 Å². The van der Waals surface area contributed by atoms with Gasteiger partial charge in [-0.3, -0.25) is 4.79 Å². The molecule has 0 saturated carbocycles. The van der Waals surface area contributed by atoms with E-state index >= 15 is 0 Å². The summed E-state index contributed by atoms with van der Waals surface area (Å²) in [4.78, 5) is 29.8. The van der Waals surface area contributed by atoms with E-state index in [9.17, 15) is 9.59 Å². The van der Waals surface area contributed by atoms with Crippen LogP contribution in [0.4, 0.5) is 0 Å². The Kier molecular flexibility index (Phi) is 5.30. The molecule has 0 aliphatic rings. The number of carboxylic acids is 1. The number of hydrogen-bond acceptors (Lipinski definition) is 4. The number of carbonyl (C=O) groups is 2. The first-order valence-corrected chi connectivity index (χ1v) is 7.55. The van der Waals surface area contributed by atoms with Crippen molar-refractivity contribution >= 4 is 34.8 Å². The standard InChI is InChI=1S/C15H13ClN2O3S/c1-2-8-18(9-10-6-7-13(16)22-10)14(19)11-4-3-5-12(17-11)15(20)21/h2-7H,1,8-9H2,(H,20,21). The molecule has 2 heterocycles. The average molecular weight is 337 g/mol. The first-order valence-electron chi connectivity index (χ1n) is 6.36. The smallest absolute Gasteiger partial charge is 0.354 e. The highest BCUT2D eigenvalue weighted by molar-refractivity contribution is 7.16. The quantitative estimate of drug-likeness (QED) is 0.821. The van der Waals surface area contributed by atoms with Gasteiger partial charge in [-0.05, 0) is 24.3 Å². The second-order valence-corrected chi connectivity index (χ2v) is 6.19. The molecule has 0 aliphatic carbocycles. The summed E-state index contributed by atoms with van der Waals surface area (Å²) >= 11 is 7.28. The van der Waals surface area contributed by atoms with E-state index in [1.807, 2.05) is 6.07 Å². The Labute approximate surface area is 136 Å². The molecule has 2 aromatic rings. The number of carbonyl (C=O) groups excluding carboxylic acids is 1. The average Bonchev–Trinajstić information content (AvgIpc) is 2.91. The largest absolute Gasteiger partial charge is 0.477 e. The molecule has 0 spiro atoms. The SMILES string of the molecule is C=CCN(Cc1ccc(Cl)s1)C(=O)c1cccc(C(=O)O)n1. The van der Waals surface area contributed by atoms with Crippen molar-refractivity contribution in [3.8, 4) is 0 Å². The van der Waals surface area contributed by atoms with Gasteiger partial charge >= 0.3 is 5.97 Å². The van der Waals surface area contributed by atoms with Crippen LogP contribution in [0.1, 0.15) is 25.9 Å². The summed E-state index contributed by atoms with van der Waals surface area (Å²) in [6, 6.07) is 7.94. The molecule has 1 amide bonds. The van der Waals surface area contributed by atoms with Crippen molar-refractivity contribution in [3.05, 3.63) is 63.6 Å². The van der Waals surface area contributed by atoms with Crippen LogP contribution in [0.3, 0.4) is 0 Å². The highest BCUT2D eigenvalue weighted by Gasteiger charge is 2.18. The Balaban J connectivity index is 2.23. The van der Waals surface area contributed by atoms with E-state index in [0.717, 1.165) is 4.88 Å². The van der Waals surface area contributed by atoms with Crippen molar-refractivity contribution in [2.24, 2.45) is 0 Å². The fourth-order valence-electron chi connectivity index (χ4n) is 1.83. The van der Waals surface area contributed by atoms with Gasteiger partial charge < -0.3 is 10.0 Å². The lowest BCUT2D eigenvalue weighted by atomic mass is 10.2. The second kappa shape index (κ2) is 7.20. The molecule has 0 bridgehead atoms. The zero-order chi connectivity index (χ0) is 16.1. The van der Waals surface area contributed by atoms with Crippen molar-refractivity contribution in [2.45, 2.75) is 6.54 Å². The molecule has 114 valence electrons. The van der Waals surface area contributed by atoms with E-state index in [2.05, 4.69) is 11.6 Å². The molecule has 0 fully saturated rings. The molecule has 22 heavy (non-hydrogen) atoms. The van der Waals surface area contributed by atoms with Gasteiger partial charge in [-0.25, -0.2) is 9.78 Å². The zero-order valence-electron chi connectivity index (χ0n) is 11.5. The van der Waals surface area contributed by atoms with Gasteiger partial charge in [0.2, 0.25) is 0 Å². The summed E-state index contributed by atoms with van der Waals surface area (Å²) < 4.78 is 0.645. The summed E-state index contributed by atoms with van der Waals surface area (Å²) in [6.07, 6.45) is 1.61. The third-order valence-electron chi connectivity index (χ3n) is 2.80. The zero-order valence-corrected chi connectivity index (χ0v) is 13.1. The van der Waals surface area contributed by atoms with Crippen LogP contribution in [-0.4, -0.2) is 33.4 Å². The van der Waals surface area contributed by atoms with Crippen LogP contribution in [0, 0.1) is 0 Å². The molecular formula is C15H13ClN2O3S. The van der Waals surface area contributed by atoms with Crippen LogP contribution < -0.4 is 0 Å². The molecule has 0 radical (unpaired) electrons. The van der Waals surface area contributed by atoms with E-state index in [-0.39, 0.29) is 17.3 Å². The highest BCUT2D eigenvalue weighted by atomic mass is 35.5. The molecule has 5 nitrogen and oxygen atoms in total. The third kappa shape index (κ3) is 3.93. The Morgan fingerprint density at radius 2 is 2.05 bits per heavy atom. The van der Waals surface area contributed by atoms with E-state index in [4.69, 9.17) is 16.7 Å². The van der Waals surface area contributed by atoms with Crippen molar-refractivity contribution in [3.63, 3.8) is 0 Å². The van der Waals surface area contributed by atoms with Crippen molar-refractivity contribution in [2.75, 3.05) is 6.54 Å². The molecule has 1 N–H and O–H groups in total. The maximum absolute atomic E-state index is 12.5. The van der Waals surface area contributed by atoms with E-state index in [1.54, 1.807) is 12.1 Å². The summed E-state index contributed by atoms with van der Waals surface area (Å²) in [5.41, 5.74) is -0.0759. The maximum atomic E-state index is 12.5. The number of pyridine rings is 1. The van der Waals surface area contributed by atoms with Gasteiger partial charge in [-0.1, -0.05) is 23.7 Å². The predicted molar refractivity (Wildman–Crippen MR) is 85.5 cm³/mol. The topological polar surface area (TPSA) is 70.5 Å². The lowest BCUT2D eigenvalue weighted by Crippen LogP contribution is -2.31. The number of halogens is 1. The summed E-state index contributed by atoms with van der Waals surface area (Å²) in [5, 5.41) is 8.95. The number of aromatic carboxylic acids is 1. The molecule has 2 aromatic heterocycles. The van der Waals surface area contributed by atoms with Gasteiger partial charge in [0.1, 0.15) is 11.4 Å². The fraction of sp³-hybridized carbons (Fsp3) is 0.133. The van der Waals surface area contributed by atoms with Gasteiger partial charge in [0.25, 0.3) is 5.91 Å². The van der Waals surface area contributed by atoms with E-state index in [0.29, 0.717) is 17.4 Å². The normalized spacial score (nSPS) is 10.2. The molecule has 0 aliphatic heterocycles. The van der Waals surface area contributed by atoms with Crippen LogP contribution in [0.2, 0.25) is 4.34 Å². The number of rotatable bonds is 6. The predicted octanol–water partition coefficient (Wildman–Crippen LogP) is 3.32. The maximum Gasteiger partial charge on any atom is 0.354 e. The minimum absolute atomic E-state index is 0.0874. The van der Waals surface area contributed by atoms with Gasteiger partial charge in [-0.15, -0.1) is 17.9 Å². The second-order valence-electron chi connectivity index (χ2n) is 4.39. The molecule has 7 heteroatoms.